The Hall–Kier alpha value is -3.27. The first-order valence-electron chi connectivity index (χ1n) is 12.7. The highest BCUT2D eigenvalue weighted by Gasteiger charge is 2.83. The van der Waals surface area contributed by atoms with Gasteiger partial charge in [-0.25, -0.2) is 4.79 Å². The largest absolute Gasteiger partial charge is 0.459 e. The molecular weight excluding hydrogens is 496 g/mol. The summed E-state index contributed by atoms with van der Waals surface area (Å²) in [5.41, 5.74) is -3.87. The molecule has 1 heterocycles. The van der Waals surface area contributed by atoms with Gasteiger partial charge in [0.05, 0.1) is 22.5 Å². The minimum atomic E-state index is -1.61. The van der Waals surface area contributed by atoms with Crippen LogP contribution < -0.4 is 0 Å². The quantitative estimate of drug-likeness (QED) is 0.413. The van der Waals surface area contributed by atoms with E-state index in [1.54, 1.807) is 58.0 Å². The fraction of sp³-hybridized carbons (Fsp3) is 0.607. The van der Waals surface area contributed by atoms with Crippen molar-refractivity contribution >= 4 is 29.7 Å². The van der Waals surface area contributed by atoms with Crippen molar-refractivity contribution < 1.29 is 47.7 Å². The van der Waals surface area contributed by atoms with Gasteiger partial charge in [-0.3, -0.25) is 19.2 Å². The number of carbonyl (C=O) groups is 5. The first-order valence-corrected chi connectivity index (χ1v) is 12.7. The first-order chi connectivity index (χ1) is 17.7. The summed E-state index contributed by atoms with van der Waals surface area (Å²) < 4.78 is 30.2. The molecule has 3 aliphatic rings. The van der Waals surface area contributed by atoms with E-state index in [2.05, 4.69) is 0 Å². The average molecular weight is 531 g/mol. The molecule has 1 spiro atoms. The minimum Gasteiger partial charge on any atom is -0.459 e. The van der Waals surface area contributed by atoms with Crippen molar-refractivity contribution in [1.82, 2.24) is 0 Å². The van der Waals surface area contributed by atoms with Gasteiger partial charge in [0.25, 0.3) is 0 Å². The number of benzene rings is 1. The molecule has 1 aromatic rings. The topological polar surface area (TPSA) is 132 Å². The average Bonchev–Trinajstić information content (AvgIpc) is 3.01. The number of Topliss-reactive ketones (excluding diaryl/α,β-unsaturated/α-hetero) is 1. The van der Waals surface area contributed by atoms with E-state index in [1.165, 1.54) is 20.8 Å². The highest BCUT2D eigenvalue weighted by Crippen LogP contribution is 2.67. The summed E-state index contributed by atoms with van der Waals surface area (Å²) in [4.78, 5) is 64.0. The second-order valence-electron chi connectivity index (χ2n) is 11.2. The Bertz CT molecular complexity index is 1160. The van der Waals surface area contributed by atoms with Crippen molar-refractivity contribution in [2.75, 3.05) is 0 Å². The Kier molecular flexibility index (Phi) is 6.93. The van der Waals surface area contributed by atoms with Gasteiger partial charge in [-0.05, 0) is 38.8 Å². The van der Waals surface area contributed by atoms with Crippen molar-refractivity contribution in [1.29, 1.82) is 0 Å². The van der Waals surface area contributed by atoms with Crippen LogP contribution in [-0.2, 0) is 42.9 Å². The SMILES string of the molecule is CC(=O)O[C@@H]1[C@@H]2[C@@H](OC(C)=O)[C@]3(OC2(C)C)[C@H](C)CC(=O)[C@H](OC(C)=O)[C@@]3(C)[C@@H]1OC(=O)c1ccccc1. The van der Waals surface area contributed by atoms with Gasteiger partial charge in [-0.15, -0.1) is 0 Å². The van der Waals surface area contributed by atoms with Crippen molar-refractivity contribution in [2.45, 2.75) is 90.5 Å². The maximum absolute atomic E-state index is 13.5. The molecule has 10 heteroatoms. The van der Waals surface area contributed by atoms with Crippen LogP contribution in [0.3, 0.4) is 0 Å². The van der Waals surface area contributed by atoms with Gasteiger partial charge in [-0.2, -0.15) is 0 Å². The third-order valence-corrected chi connectivity index (χ3v) is 8.27. The lowest BCUT2D eigenvalue weighted by atomic mass is 9.48. The summed E-state index contributed by atoms with van der Waals surface area (Å²) in [6.45, 7) is 10.6. The zero-order valence-corrected chi connectivity index (χ0v) is 22.6. The van der Waals surface area contributed by atoms with Crippen molar-refractivity contribution in [3.05, 3.63) is 35.9 Å². The normalized spacial score (nSPS) is 37.0. The van der Waals surface area contributed by atoms with E-state index in [1.807, 2.05) is 0 Å². The molecule has 38 heavy (non-hydrogen) atoms. The van der Waals surface area contributed by atoms with E-state index in [0.29, 0.717) is 0 Å². The second kappa shape index (κ2) is 9.48. The summed E-state index contributed by atoms with van der Waals surface area (Å²) in [6, 6.07) is 8.22. The Morgan fingerprint density at radius 3 is 1.97 bits per heavy atom. The molecule has 0 radical (unpaired) electrons. The molecule has 0 amide bonds. The van der Waals surface area contributed by atoms with Crippen molar-refractivity contribution in [2.24, 2.45) is 17.3 Å². The molecule has 4 rings (SSSR count). The lowest BCUT2D eigenvalue weighted by Gasteiger charge is -2.62. The molecule has 1 saturated heterocycles. The zero-order valence-electron chi connectivity index (χ0n) is 22.6. The Morgan fingerprint density at radius 2 is 1.42 bits per heavy atom. The van der Waals surface area contributed by atoms with Crippen LogP contribution in [0.4, 0.5) is 0 Å². The fourth-order valence-corrected chi connectivity index (χ4v) is 7.06. The summed E-state index contributed by atoms with van der Waals surface area (Å²) in [5, 5.41) is 0. The zero-order chi connectivity index (χ0) is 28.2. The third kappa shape index (κ3) is 4.09. The molecule has 8 atom stereocenters. The number of ketones is 1. The third-order valence-electron chi connectivity index (χ3n) is 8.27. The molecule has 0 N–H and O–H groups in total. The van der Waals surface area contributed by atoms with Crippen LogP contribution >= 0.6 is 0 Å². The number of hydrogen-bond donors (Lipinski definition) is 0. The summed E-state index contributed by atoms with van der Waals surface area (Å²) in [7, 11) is 0. The Balaban J connectivity index is 2.00. The van der Waals surface area contributed by atoms with Crippen LogP contribution in [0.1, 0.15) is 65.2 Å². The second-order valence-corrected chi connectivity index (χ2v) is 11.2. The number of fused-ring (bicyclic) bond motifs is 1. The van der Waals surface area contributed by atoms with Gasteiger partial charge in [0.1, 0.15) is 17.8 Å². The van der Waals surface area contributed by atoms with Gasteiger partial charge in [0, 0.05) is 27.2 Å². The maximum atomic E-state index is 13.5. The number of ether oxygens (including phenoxy) is 5. The monoisotopic (exact) mass is 530 g/mol. The standard InChI is InChI=1S/C28H34O10/c1-14-13-19(32)22(35-16(3)30)27(7)24(37-25(33)18-11-9-8-10-12-18)21(34-15(2)29)20-23(36-17(4)31)28(14,27)38-26(20,5)6/h8-12,14,20-24H,13H2,1-7H3/t14-,20-,21-,22+,23-,24-,27+,28-/m1/s1. The maximum Gasteiger partial charge on any atom is 0.338 e. The molecule has 1 aromatic carbocycles. The van der Waals surface area contributed by atoms with E-state index in [0.717, 1.165) is 0 Å². The highest BCUT2D eigenvalue weighted by atomic mass is 16.6. The summed E-state index contributed by atoms with van der Waals surface area (Å²) in [6.07, 6.45) is -4.97. The van der Waals surface area contributed by atoms with E-state index in [9.17, 15) is 24.0 Å². The minimum absolute atomic E-state index is 0.0360. The number of esters is 4. The molecule has 0 aromatic heterocycles. The molecule has 2 aliphatic carbocycles. The lowest BCUT2D eigenvalue weighted by Crippen LogP contribution is -2.78. The van der Waals surface area contributed by atoms with Crippen LogP contribution in [-0.4, -0.2) is 65.3 Å². The molecular formula is C28H34O10. The predicted molar refractivity (Wildman–Crippen MR) is 131 cm³/mol. The first kappa shape index (κ1) is 27.8. The van der Waals surface area contributed by atoms with E-state index in [4.69, 9.17) is 23.7 Å². The summed E-state index contributed by atoms with van der Waals surface area (Å²) >= 11 is 0. The van der Waals surface area contributed by atoms with Gasteiger partial charge < -0.3 is 23.7 Å². The van der Waals surface area contributed by atoms with Crippen LogP contribution in [0, 0.1) is 17.3 Å². The number of hydrogen-bond acceptors (Lipinski definition) is 10. The highest BCUT2D eigenvalue weighted by molar-refractivity contribution is 5.90. The van der Waals surface area contributed by atoms with E-state index >= 15 is 0 Å². The van der Waals surface area contributed by atoms with Crippen LogP contribution in [0.5, 0.6) is 0 Å². The Labute approximate surface area is 221 Å². The van der Waals surface area contributed by atoms with Crippen LogP contribution in [0.2, 0.25) is 0 Å². The lowest BCUT2D eigenvalue weighted by molar-refractivity contribution is -0.290. The smallest absolute Gasteiger partial charge is 0.338 e. The van der Waals surface area contributed by atoms with Gasteiger partial charge in [0.2, 0.25) is 0 Å². The Morgan fingerprint density at radius 1 is 0.842 bits per heavy atom. The van der Waals surface area contributed by atoms with Gasteiger partial charge >= 0.3 is 23.9 Å². The van der Waals surface area contributed by atoms with Gasteiger partial charge in [-0.1, -0.05) is 25.1 Å². The molecule has 1 aliphatic heterocycles. The molecule has 2 saturated carbocycles. The molecule has 2 bridgehead atoms. The molecule has 0 unspecified atom stereocenters. The summed E-state index contributed by atoms with van der Waals surface area (Å²) in [5.74, 6) is -4.44. The number of rotatable bonds is 5. The fourth-order valence-electron chi connectivity index (χ4n) is 7.06. The molecule has 206 valence electrons. The van der Waals surface area contributed by atoms with Crippen molar-refractivity contribution in [3.63, 3.8) is 0 Å². The van der Waals surface area contributed by atoms with Crippen molar-refractivity contribution in [3.8, 4) is 0 Å². The predicted octanol–water partition coefficient (Wildman–Crippen LogP) is 2.80. The number of carbonyl (C=O) groups excluding carboxylic acids is 5. The molecule has 10 nitrogen and oxygen atoms in total. The van der Waals surface area contributed by atoms with E-state index in [-0.39, 0.29) is 12.0 Å². The van der Waals surface area contributed by atoms with E-state index < -0.39 is 82.5 Å². The van der Waals surface area contributed by atoms with Crippen LogP contribution in [0.15, 0.2) is 30.3 Å². The van der Waals surface area contributed by atoms with Crippen LogP contribution in [0.25, 0.3) is 0 Å². The van der Waals surface area contributed by atoms with Gasteiger partial charge in [0.15, 0.2) is 18.0 Å². The molecule has 3 fully saturated rings.